The van der Waals surface area contributed by atoms with Crippen LogP contribution in [-0.2, 0) is 29.1 Å². The van der Waals surface area contributed by atoms with E-state index in [1.165, 1.54) is 0 Å². The van der Waals surface area contributed by atoms with E-state index in [2.05, 4.69) is 9.97 Å². The normalized spacial score (nSPS) is 15.0. The summed E-state index contributed by atoms with van der Waals surface area (Å²) in [5.41, 5.74) is 4.08. The largest absolute Gasteiger partial charge is 0.436 e. The molecule has 0 saturated heterocycles. The van der Waals surface area contributed by atoms with Crippen LogP contribution in [0.15, 0.2) is 93.8 Å². The molecule has 0 amide bonds. The zero-order valence-electron chi connectivity index (χ0n) is 17.7. The van der Waals surface area contributed by atoms with Gasteiger partial charge >= 0.3 is 0 Å². The molecule has 158 valence electrons. The molecule has 2 aromatic heterocycles. The standard InChI is InChI=1S/2C13H9NO2.Zn/c2*15-11-7-3-1-5-9(11)13-14-10-6-2-4-8-12(10)16-13;/h2*1-6,8H,7H2;. The minimum Gasteiger partial charge on any atom is -0.436 e. The second kappa shape index (κ2) is 9.84. The number of nitrogens with zero attached hydrogens (tertiary/aromatic N) is 2. The molecular weight excluding hydrogens is 470 g/mol. The maximum Gasteiger partial charge on any atom is 0.230 e. The molecule has 0 saturated carbocycles. The van der Waals surface area contributed by atoms with Crippen LogP contribution in [0, 0.1) is 0 Å². The van der Waals surface area contributed by atoms with Gasteiger partial charge in [0.15, 0.2) is 22.7 Å². The minimum absolute atomic E-state index is 0. The number of aromatic nitrogens is 2. The summed E-state index contributed by atoms with van der Waals surface area (Å²) in [6.45, 7) is 0. The second-order valence-corrected chi connectivity index (χ2v) is 7.25. The van der Waals surface area contributed by atoms with Crippen molar-refractivity contribution in [1.82, 2.24) is 9.97 Å². The first-order valence-corrected chi connectivity index (χ1v) is 10.2. The quantitative estimate of drug-likeness (QED) is 0.348. The molecule has 2 aliphatic carbocycles. The van der Waals surface area contributed by atoms with Crippen LogP contribution >= 0.6 is 0 Å². The van der Waals surface area contributed by atoms with E-state index in [9.17, 15) is 9.59 Å². The van der Waals surface area contributed by atoms with Gasteiger partial charge in [0.1, 0.15) is 11.0 Å². The SMILES string of the molecule is O=C1CC=CC=C1c1nc2ccccc2o1.O=C1CC=CC=C1c1nc2ccccc2o1.[Zn]. The number of benzene rings is 2. The summed E-state index contributed by atoms with van der Waals surface area (Å²) in [7, 11) is 0. The van der Waals surface area contributed by atoms with Crippen molar-refractivity contribution in [3.8, 4) is 0 Å². The van der Waals surface area contributed by atoms with Crippen molar-refractivity contribution in [3.05, 3.63) is 96.8 Å². The first-order chi connectivity index (χ1) is 15.7. The van der Waals surface area contributed by atoms with E-state index in [1.54, 1.807) is 12.2 Å². The van der Waals surface area contributed by atoms with Crippen LogP contribution in [0.3, 0.4) is 0 Å². The number of carbonyl (C=O) groups is 2. The fraction of sp³-hybridized carbons (Fsp3) is 0.0769. The molecular formula is C26H18N2O4Zn. The molecule has 0 radical (unpaired) electrons. The van der Waals surface area contributed by atoms with E-state index in [4.69, 9.17) is 8.83 Å². The van der Waals surface area contributed by atoms with Crippen molar-refractivity contribution in [2.45, 2.75) is 12.8 Å². The number of Topliss-reactive ketones (excluding diaryl/α,β-unsaturated/α-hetero) is 2. The number of carbonyl (C=O) groups excluding carboxylic acids is 2. The van der Waals surface area contributed by atoms with Crippen LogP contribution in [0.1, 0.15) is 24.6 Å². The predicted molar refractivity (Wildman–Crippen MR) is 122 cm³/mol. The average molecular weight is 488 g/mol. The first-order valence-electron chi connectivity index (χ1n) is 10.2. The second-order valence-electron chi connectivity index (χ2n) is 7.25. The maximum atomic E-state index is 11.7. The average Bonchev–Trinajstić information content (AvgIpc) is 3.44. The Bertz CT molecular complexity index is 1290. The molecule has 0 atom stereocenters. The molecule has 2 aliphatic rings. The summed E-state index contributed by atoms with van der Waals surface area (Å²) < 4.78 is 11.1. The van der Waals surface area contributed by atoms with Gasteiger partial charge in [-0.2, -0.15) is 0 Å². The van der Waals surface area contributed by atoms with Crippen LogP contribution < -0.4 is 0 Å². The van der Waals surface area contributed by atoms with Gasteiger partial charge in [0.2, 0.25) is 11.8 Å². The molecule has 4 aromatic rings. The van der Waals surface area contributed by atoms with Crippen molar-refractivity contribution in [2.75, 3.05) is 0 Å². The monoisotopic (exact) mass is 486 g/mol. The third-order valence-electron chi connectivity index (χ3n) is 5.05. The maximum absolute atomic E-state index is 11.7. The number of rotatable bonds is 2. The number of para-hydroxylation sites is 4. The molecule has 0 aliphatic heterocycles. The van der Waals surface area contributed by atoms with Gasteiger partial charge in [0.05, 0.1) is 11.1 Å². The summed E-state index contributed by atoms with van der Waals surface area (Å²) in [6.07, 6.45) is 11.7. The van der Waals surface area contributed by atoms with Gasteiger partial charge in [0.25, 0.3) is 0 Å². The Morgan fingerprint density at radius 2 is 1.06 bits per heavy atom. The topological polar surface area (TPSA) is 86.2 Å². The molecule has 6 nitrogen and oxygen atoms in total. The molecule has 0 N–H and O–H groups in total. The summed E-state index contributed by atoms with van der Waals surface area (Å²) in [4.78, 5) is 31.9. The first kappa shape index (κ1) is 22.5. The van der Waals surface area contributed by atoms with Gasteiger partial charge in [-0.15, -0.1) is 0 Å². The molecule has 0 bridgehead atoms. The van der Waals surface area contributed by atoms with Crippen LogP contribution in [0.4, 0.5) is 0 Å². The minimum atomic E-state index is 0. The van der Waals surface area contributed by atoms with E-state index in [-0.39, 0.29) is 31.0 Å². The van der Waals surface area contributed by atoms with Gasteiger partial charge in [-0.3, -0.25) is 9.59 Å². The van der Waals surface area contributed by atoms with E-state index in [0.29, 0.717) is 46.9 Å². The smallest absolute Gasteiger partial charge is 0.230 e. The van der Waals surface area contributed by atoms with Gasteiger partial charge < -0.3 is 8.83 Å². The van der Waals surface area contributed by atoms with Gasteiger partial charge in [-0.25, -0.2) is 9.97 Å². The molecule has 2 heterocycles. The molecule has 0 spiro atoms. The molecule has 7 heteroatoms. The Hall–Kier alpha value is -3.70. The zero-order valence-corrected chi connectivity index (χ0v) is 20.7. The van der Waals surface area contributed by atoms with E-state index >= 15 is 0 Å². The number of hydrogen-bond acceptors (Lipinski definition) is 6. The predicted octanol–water partition coefficient (Wildman–Crippen LogP) is 5.48. The van der Waals surface area contributed by atoms with Crippen molar-refractivity contribution in [2.24, 2.45) is 0 Å². The Morgan fingerprint density at radius 1 is 0.636 bits per heavy atom. The van der Waals surface area contributed by atoms with E-state index in [1.807, 2.05) is 72.8 Å². The summed E-state index contributed by atoms with van der Waals surface area (Å²) in [5, 5.41) is 0. The summed E-state index contributed by atoms with van der Waals surface area (Å²) in [6, 6.07) is 15.0. The van der Waals surface area contributed by atoms with Gasteiger partial charge in [-0.1, -0.05) is 48.6 Å². The van der Waals surface area contributed by atoms with Crippen LogP contribution in [0.2, 0.25) is 0 Å². The van der Waals surface area contributed by atoms with Crippen molar-refractivity contribution >= 4 is 44.9 Å². The Balaban J connectivity index is 0.000000152. The fourth-order valence-electron chi connectivity index (χ4n) is 3.44. The molecule has 2 aromatic carbocycles. The fourth-order valence-corrected chi connectivity index (χ4v) is 3.44. The van der Waals surface area contributed by atoms with E-state index < -0.39 is 0 Å². The summed E-state index contributed by atoms with van der Waals surface area (Å²) >= 11 is 0. The van der Waals surface area contributed by atoms with Gasteiger partial charge in [0, 0.05) is 32.3 Å². The summed E-state index contributed by atoms with van der Waals surface area (Å²) in [5.74, 6) is 0.925. The van der Waals surface area contributed by atoms with Crippen LogP contribution in [-0.4, -0.2) is 21.5 Å². The number of hydrogen-bond donors (Lipinski definition) is 0. The third kappa shape index (κ3) is 4.74. The van der Waals surface area contributed by atoms with Gasteiger partial charge in [-0.05, 0) is 36.4 Å². The van der Waals surface area contributed by atoms with Crippen molar-refractivity contribution in [3.63, 3.8) is 0 Å². The number of ketones is 2. The molecule has 0 unspecified atom stereocenters. The van der Waals surface area contributed by atoms with E-state index in [0.717, 1.165) is 11.0 Å². The Labute approximate surface area is 202 Å². The van der Waals surface area contributed by atoms with Crippen LogP contribution in [0.25, 0.3) is 33.3 Å². The third-order valence-corrected chi connectivity index (χ3v) is 5.05. The van der Waals surface area contributed by atoms with Crippen LogP contribution in [0.5, 0.6) is 0 Å². The number of allylic oxidation sites excluding steroid dienone is 8. The Morgan fingerprint density at radius 3 is 1.45 bits per heavy atom. The molecule has 0 fully saturated rings. The number of fused-ring (bicyclic) bond motifs is 2. The molecule has 33 heavy (non-hydrogen) atoms. The Kier molecular flexibility index (Phi) is 6.71. The number of oxazole rings is 2. The van der Waals surface area contributed by atoms with Crippen molar-refractivity contribution in [1.29, 1.82) is 0 Å². The van der Waals surface area contributed by atoms with Crippen molar-refractivity contribution < 1.29 is 37.9 Å². The zero-order chi connectivity index (χ0) is 21.9. The molecule has 6 rings (SSSR count).